The number of anilines is 1. The third-order valence-electron chi connectivity index (χ3n) is 6.21. The van der Waals surface area contributed by atoms with Crippen LogP contribution in [0.2, 0.25) is 0 Å². The van der Waals surface area contributed by atoms with E-state index in [1.807, 2.05) is 6.92 Å². The smallest absolute Gasteiger partial charge is 0.250 e. The van der Waals surface area contributed by atoms with E-state index < -0.39 is 15.9 Å². The van der Waals surface area contributed by atoms with Gasteiger partial charge in [-0.1, -0.05) is 13.8 Å². The molecule has 0 saturated carbocycles. The van der Waals surface area contributed by atoms with Crippen molar-refractivity contribution in [2.45, 2.75) is 46.1 Å². The zero-order valence-electron chi connectivity index (χ0n) is 18.8. The van der Waals surface area contributed by atoms with Crippen molar-refractivity contribution >= 4 is 27.4 Å². The zero-order valence-corrected chi connectivity index (χ0v) is 19.6. The molecule has 9 nitrogen and oxygen atoms in total. The molecule has 0 unspecified atom stereocenters. The minimum absolute atomic E-state index is 0.0962. The lowest BCUT2D eigenvalue weighted by Crippen LogP contribution is -2.31. The van der Waals surface area contributed by atoms with Gasteiger partial charge in [0.25, 0.3) is 5.91 Å². The molecule has 10 heteroatoms. The van der Waals surface area contributed by atoms with Crippen molar-refractivity contribution in [3.8, 4) is 5.69 Å². The number of hydrogen-bond acceptors (Lipinski definition) is 6. The maximum absolute atomic E-state index is 12.7. The number of primary amides is 1. The number of carbonyl (C=O) groups excluding carboxylic acids is 2. The predicted molar refractivity (Wildman–Crippen MR) is 122 cm³/mol. The summed E-state index contributed by atoms with van der Waals surface area (Å²) in [6.45, 7) is 6.71. The second-order valence-corrected chi connectivity index (χ2v) is 11.6. The number of aryl methyl sites for hydroxylation is 1. The van der Waals surface area contributed by atoms with Crippen LogP contribution in [0.5, 0.6) is 0 Å². The number of hydrogen-bond donors (Lipinski definition) is 2. The maximum atomic E-state index is 12.7. The van der Waals surface area contributed by atoms with Crippen LogP contribution in [-0.2, 0) is 16.4 Å². The van der Waals surface area contributed by atoms with Gasteiger partial charge in [0.05, 0.1) is 34.5 Å². The minimum atomic E-state index is -3.27. The highest BCUT2D eigenvalue weighted by Gasteiger charge is 2.36. The molecule has 2 aromatic rings. The van der Waals surface area contributed by atoms with Crippen LogP contribution in [-0.4, -0.2) is 59.6 Å². The van der Waals surface area contributed by atoms with Gasteiger partial charge in [-0.15, -0.1) is 0 Å². The van der Waals surface area contributed by atoms with Gasteiger partial charge >= 0.3 is 0 Å². The van der Waals surface area contributed by atoms with Crippen LogP contribution in [0.1, 0.15) is 58.8 Å². The Morgan fingerprint density at radius 2 is 2.00 bits per heavy atom. The van der Waals surface area contributed by atoms with Crippen LogP contribution in [0.25, 0.3) is 5.69 Å². The van der Waals surface area contributed by atoms with Crippen LogP contribution in [0.15, 0.2) is 18.2 Å². The van der Waals surface area contributed by atoms with Gasteiger partial charge in [0, 0.05) is 31.2 Å². The number of carbonyl (C=O) groups is 2. The van der Waals surface area contributed by atoms with E-state index in [2.05, 4.69) is 24.3 Å². The Morgan fingerprint density at radius 3 is 2.62 bits per heavy atom. The fraction of sp³-hybridized carbons (Fsp3) is 0.500. The van der Waals surface area contributed by atoms with Crippen molar-refractivity contribution in [2.75, 3.05) is 24.7 Å². The predicted octanol–water partition coefficient (Wildman–Crippen LogP) is 1.88. The molecule has 3 N–H and O–H groups in total. The first-order valence-corrected chi connectivity index (χ1v) is 12.5. The normalized spacial score (nSPS) is 20.9. The molecular weight excluding hydrogens is 430 g/mol. The first-order valence-electron chi connectivity index (χ1n) is 10.6. The monoisotopic (exact) mass is 459 g/mol. The Kier molecular flexibility index (Phi) is 5.41. The van der Waals surface area contributed by atoms with Crippen LogP contribution in [0.3, 0.4) is 0 Å². The van der Waals surface area contributed by atoms with Crippen LogP contribution in [0, 0.1) is 12.3 Å². The first-order chi connectivity index (χ1) is 14.9. The van der Waals surface area contributed by atoms with Gasteiger partial charge in [-0.3, -0.25) is 9.59 Å². The van der Waals surface area contributed by atoms with Gasteiger partial charge in [0.2, 0.25) is 10.0 Å². The molecule has 1 aliphatic heterocycles. The standard InChI is InChI=1S/C22H29N5O4S/c1-13-20-18(10-22(2,3)11-19(20)28)27(25-13)15-5-6-16(21(23)29)17(9-15)24-14-7-8-26(12-14)32(4,30)31/h5-6,9,14,24H,7-8,10-12H2,1-4H3,(H2,23,29)/t14-/m1/s1. The molecule has 32 heavy (non-hydrogen) atoms. The number of sulfonamides is 1. The molecule has 172 valence electrons. The number of ketones is 1. The van der Waals surface area contributed by atoms with E-state index in [9.17, 15) is 18.0 Å². The topological polar surface area (TPSA) is 127 Å². The number of nitrogens with zero attached hydrogens (tertiary/aromatic N) is 3. The molecule has 1 atom stereocenters. The summed E-state index contributed by atoms with van der Waals surface area (Å²) in [6.07, 6.45) is 3.00. The number of benzene rings is 1. The summed E-state index contributed by atoms with van der Waals surface area (Å²) in [5.74, 6) is -0.481. The van der Waals surface area contributed by atoms with Crippen molar-refractivity contribution in [3.05, 3.63) is 40.7 Å². The highest BCUT2D eigenvalue weighted by molar-refractivity contribution is 7.88. The molecule has 2 aliphatic rings. The summed E-state index contributed by atoms with van der Waals surface area (Å²) in [5.41, 5.74) is 9.22. The summed E-state index contributed by atoms with van der Waals surface area (Å²) in [4.78, 5) is 24.8. The Hall–Kier alpha value is -2.72. The summed E-state index contributed by atoms with van der Waals surface area (Å²) in [5, 5.41) is 7.93. The Balaban J connectivity index is 1.72. The number of nitrogens with two attached hydrogens (primary N) is 1. The molecule has 0 spiro atoms. The summed E-state index contributed by atoms with van der Waals surface area (Å²) in [7, 11) is -3.27. The molecule has 1 saturated heterocycles. The lowest BCUT2D eigenvalue weighted by molar-refractivity contribution is 0.0909. The SMILES string of the molecule is Cc1nn(-c2ccc(C(N)=O)c(N[C@@H]3CCN(S(C)(=O)=O)C3)c2)c2c1C(=O)CC(C)(C)C2. The van der Waals surface area contributed by atoms with E-state index in [4.69, 9.17) is 5.73 Å². The van der Waals surface area contributed by atoms with E-state index in [1.54, 1.807) is 22.9 Å². The lowest BCUT2D eigenvalue weighted by atomic mass is 9.75. The number of fused-ring (bicyclic) bond motifs is 1. The zero-order chi connectivity index (χ0) is 23.4. The molecule has 0 radical (unpaired) electrons. The highest BCUT2D eigenvalue weighted by Crippen LogP contribution is 2.37. The third-order valence-corrected chi connectivity index (χ3v) is 7.48. The van der Waals surface area contributed by atoms with Crippen LogP contribution < -0.4 is 11.1 Å². The van der Waals surface area contributed by atoms with E-state index >= 15 is 0 Å². The van der Waals surface area contributed by atoms with Gasteiger partial charge in [-0.05, 0) is 43.4 Å². The van der Waals surface area contributed by atoms with Crippen molar-refractivity contribution in [1.29, 1.82) is 0 Å². The quantitative estimate of drug-likeness (QED) is 0.703. The van der Waals surface area contributed by atoms with Crippen molar-refractivity contribution < 1.29 is 18.0 Å². The van der Waals surface area contributed by atoms with Gasteiger partial charge in [-0.25, -0.2) is 17.4 Å². The molecule has 1 aromatic heterocycles. The van der Waals surface area contributed by atoms with Gasteiger partial charge in [-0.2, -0.15) is 5.10 Å². The summed E-state index contributed by atoms with van der Waals surface area (Å²) < 4.78 is 26.9. The average Bonchev–Trinajstić information content (AvgIpc) is 3.25. The van der Waals surface area contributed by atoms with Gasteiger partial charge in [0.15, 0.2) is 5.78 Å². The van der Waals surface area contributed by atoms with E-state index in [-0.39, 0.29) is 17.2 Å². The highest BCUT2D eigenvalue weighted by atomic mass is 32.2. The molecule has 1 aromatic carbocycles. The summed E-state index contributed by atoms with van der Waals surface area (Å²) >= 11 is 0. The Bertz CT molecular complexity index is 1220. The number of amides is 1. The van der Waals surface area contributed by atoms with Crippen LogP contribution in [0.4, 0.5) is 5.69 Å². The molecule has 1 amide bonds. The van der Waals surface area contributed by atoms with Gasteiger partial charge in [0.1, 0.15) is 0 Å². The second-order valence-electron chi connectivity index (χ2n) is 9.60. The number of nitrogens with one attached hydrogen (secondary N) is 1. The fourth-order valence-electron chi connectivity index (χ4n) is 4.72. The Morgan fingerprint density at radius 1 is 1.28 bits per heavy atom. The number of rotatable bonds is 5. The molecule has 0 bridgehead atoms. The molecular formula is C22H29N5O4S. The van der Waals surface area contributed by atoms with E-state index in [1.165, 1.54) is 10.6 Å². The second kappa shape index (κ2) is 7.70. The van der Waals surface area contributed by atoms with E-state index in [0.717, 1.165) is 5.69 Å². The summed E-state index contributed by atoms with van der Waals surface area (Å²) in [6, 6.07) is 5.05. The van der Waals surface area contributed by atoms with E-state index in [0.29, 0.717) is 60.5 Å². The van der Waals surface area contributed by atoms with Crippen molar-refractivity contribution in [1.82, 2.24) is 14.1 Å². The number of aromatic nitrogens is 2. The van der Waals surface area contributed by atoms with Crippen molar-refractivity contribution in [2.24, 2.45) is 11.1 Å². The Labute approximate surface area is 188 Å². The van der Waals surface area contributed by atoms with Gasteiger partial charge < -0.3 is 11.1 Å². The first kappa shape index (κ1) is 22.5. The molecule has 1 aliphatic carbocycles. The third kappa shape index (κ3) is 4.16. The maximum Gasteiger partial charge on any atom is 0.250 e. The fourth-order valence-corrected chi connectivity index (χ4v) is 5.61. The van der Waals surface area contributed by atoms with Crippen molar-refractivity contribution in [3.63, 3.8) is 0 Å². The van der Waals surface area contributed by atoms with Crippen LogP contribution >= 0.6 is 0 Å². The minimum Gasteiger partial charge on any atom is -0.380 e. The number of Topliss-reactive ketones (excluding diaryl/α,β-unsaturated/α-hetero) is 1. The molecule has 4 rings (SSSR count). The molecule has 2 heterocycles. The lowest BCUT2D eigenvalue weighted by Gasteiger charge is -2.29. The largest absolute Gasteiger partial charge is 0.380 e. The average molecular weight is 460 g/mol. The molecule has 1 fully saturated rings.